The molecule has 1 saturated heterocycles. The van der Waals surface area contributed by atoms with E-state index in [1.165, 1.54) is 13.8 Å². The Hall–Kier alpha value is -3.42. The fraction of sp³-hybridized carbons (Fsp3) is 0.417. The molecule has 1 aromatic heterocycles. The molecule has 1 unspecified atom stereocenters. The fourth-order valence-electron chi connectivity index (χ4n) is 4.61. The summed E-state index contributed by atoms with van der Waals surface area (Å²) in [6.45, 7) is 5.09. The summed E-state index contributed by atoms with van der Waals surface area (Å²) in [7, 11) is 0. The molecule has 3 amide bonds. The largest absolute Gasteiger partial charge is 0.352 e. The first-order chi connectivity index (χ1) is 15.3. The van der Waals surface area contributed by atoms with Gasteiger partial charge >= 0.3 is 0 Å². The predicted molar refractivity (Wildman–Crippen MR) is 119 cm³/mol. The summed E-state index contributed by atoms with van der Waals surface area (Å²) in [6, 6.07) is 9.51. The molecule has 1 fully saturated rings. The van der Waals surface area contributed by atoms with Crippen molar-refractivity contribution in [1.82, 2.24) is 19.7 Å². The minimum absolute atomic E-state index is 0.0259. The highest BCUT2D eigenvalue weighted by molar-refractivity contribution is 5.96. The second-order valence-electron chi connectivity index (χ2n) is 8.55. The monoisotopic (exact) mass is 436 g/mol. The first kappa shape index (κ1) is 21.8. The van der Waals surface area contributed by atoms with Gasteiger partial charge in [0.05, 0.1) is 6.54 Å². The van der Waals surface area contributed by atoms with Gasteiger partial charge in [-0.05, 0) is 29.5 Å². The summed E-state index contributed by atoms with van der Waals surface area (Å²) in [5.41, 5.74) is 2.42. The Morgan fingerprint density at radius 2 is 1.81 bits per heavy atom. The summed E-state index contributed by atoms with van der Waals surface area (Å²) < 4.78 is 1.58. The van der Waals surface area contributed by atoms with Gasteiger partial charge in [-0.2, -0.15) is 0 Å². The highest BCUT2D eigenvalue weighted by atomic mass is 16.2. The SMILES string of the molecule is CC(=O)NC1CCN(C(=O)c2c3c(cn(Cc4ccccc4)c2=O)CN(C(C)=O)CC3)C1. The van der Waals surface area contributed by atoms with Crippen LogP contribution < -0.4 is 10.9 Å². The fourth-order valence-corrected chi connectivity index (χ4v) is 4.61. The molecule has 0 saturated carbocycles. The third-order valence-electron chi connectivity index (χ3n) is 6.21. The summed E-state index contributed by atoms with van der Waals surface area (Å²) in [6.07, 6.45) is 2.93. The maximum Gasteiger partial charge on any atom is 0.264 e. The van der Waals surface area contributed by atoms with Crippen LogP contribution in [0.1, 0.15) is 47.3 Å². The number of benzene rings is 1. The zero-order valence-corrected chi connectivity index (χ0v) is 18.5. The van der Waals surface area contributed by atoms with Gasteiger partial charge in [-0.3, -0.25) is 19.2 Å². The van der Waals surface area contributed by atoms with Crippen LogP contribution >= 0.6 is 0 Å². The van der Waals surface area contributed by atoms with Crippen molar-refractivity contribution in [3.8, 4) is 0 Å². The Labute approximate surface area is 186 Å². The van der Waals surface area contributed by atoms with E-state index < -0.39 is 0 Å². The van der Waals surface area contributed by atoms with Gasteiger partial charge in [0.2, 0.25) is 11.8 Å². The van der Waals surface area contributed by atoms with E-state index in [2.05, 4.69) is 5.32 Å². The number of nitrogens with zero attached hydrogens (tertiary/aromatic N) is 3. The third kappa shape index (κ3) is 4.44. The highest BCUT2D eigenvalue weighted by Gasteiger charge is 2.33. The molecule has 2 aliphatic heterocycles. The number of fused-ring (bicyclic) bond motifs is 1. The lowest BCUT2D eigenvalue weighted by atomic mass is 9.95. The van der Waals surface area contributed by atoms with E-state index in [0.29, 0.717) is 45.6 Å². The van der Waals surface area contributed by atoms with Gasteiger partial charge in [0.1, 0.15) is 5.56 Å². The summed E-state index contributed by atoms with van der Waals surface area (Å²) >= 11 is 0. The first-order valence-electron chi connectivity index (χ1n) is 10.9. The molecular formula is C24H28N4O4. The molecule has 8 nitrogen and oxygen atoms in total. The average molecular weight is 437 g/mol. The molecule has 1 aromatic carbocycles. The molecule has 0 spiro atoms. The van der Waals surface area contributed by atoms with Gasteiger partial charge in [0.25, 0.3) is 11.5 Å². The molecule has 2 aromatic rings. The van der Waals surface area contributed by atoms with Gasteiger partial charge in [0.15, 0.2) is 0 Å². The number of rotatable bonds is 4. The standard InChI is InChI=1S/C24H28N4O4/c1-16(29)25-20-8-10-27(15-20)23(31)22-21-9-11-26(17(2)30)13-19(21)14-28(24(22)32)12-18-6-4-3-5-7-18/h3-7,14,20H,8-13,15H2,1-2H3,(H,25,29). The number of pyridine rings is 1. The van der Waals surface area contributed by atoms with E-state index >= 15 is 0 Å². The maximum absolute atomic E-state index is 13.5. The van der Waals surface area contributed by atoms with E-state index in [4.69, 9.17) is 0 Å². The Bertz CT molecular complexity index is 1110. The van der Waals surface area contributed by atoms with Crippen molar-refractivity contribution in [3.05, 3.63) is 69.1 Å². The van der Waals surface area contributed by atoms with Crippen molar-refractivity contribution in [1.29, 1.82) is 0 Å². The number of hydrogen-bond donors (Lipinski definition) is 1. The molecule has 32 heavy (non-hydrogen) atoms. The molecule has 2 aliphatic rings. The van der Waals surface area contributed by atoms with Gasteiger partial charge in [-0.15, -0.1) is 0 Å². The topological polar surface area (TPSA) is 91.7 Å². The van der Waals surface area contributed by atoms with Crippen molar-refractivity contribution < 1.29 is 14.4 Å². The van der Waals surface area contributed by atoms with Crippen LogP contribution in [0.25, 0.3) is 0 Å². The van der Waals surface area contributed by atoms with Gasteiger partial charge in [-0.25, -0.2) is 0 Å². The summed E-state index contributed by atoms with van der Waals surface area (Å²) in [4.78, 5) is 53.7. The smallest absolute Gasteiger partial charge is 0.264 e. The van der Waals surface area contributed by atoms with Crippen LogP contribution in [0, 0.1) is 0 Å². The number of aromatic nitrogens is 1. The molecule has 0 radical (unpaired) electrons. The van der Waals surface area contributed by atoms with E-state index in [1.807, 2.05) is 30.3 Å². The van der Waals surface area contributed by atoms with Crippen LogP contribution in [0.2, 0.25) is 0 Å². The van der Waals surface area contributed by atoms with Crippen molar-refractivity contribution in [2.45, 2.75) is 45.8 Å². The quantitative estimate of drug-likeness (QED) is 0.779. The Morgan fingerprint density at radius 3 is 2.50 bits per heavy atom. The number of amides is 3. The molecule has 168 valence electrons. The summed E-state index contributed by atoms with van der Waals surface area (Å²) in [5, 5.41) is 2.86. The van der Waals surface area contributed by atoms with Crippen molar-refractivity contribution in [3.63, 3.8) is 0 Å². The van der Waals surface area contributed by atoms with Gasteiger partial charge < -0.3 is 19.7 Å². The first-order valence-corrected chi connectivity index (χ1v) is 10.9. The van der Waals surface area contributed by atoms with Crippen molar-refractivity contribution in [2.24, 2.45) is 0 Å². The molecular weight excluding hydrogens is 408 g/mol. The van der Waals surface area contributed by atoms with Crippen LogP contribution in [-0.2, 0) is 29.1 Å². The lowest BCUT2D eigenvalue weighted by molar-refractivity contribution is -0.129. The third-order valence-corrected chi connectivity index (χ3v) is 6.21. The average Bonchev–Trinajstić information content (AvgIpc) is 3.22. The maximum atomic E-state index is 13.5. The molecule has 1 atom stereocenters. The normalized spacial score (nSPS) is 17.8. The van der Waals surface area contributed by atoms with Crippen LogP contribution in [0.3, 0.4) is 0 Å². The van der Waals surface area contributed by atoms with Crippen LogP contribution in [-0.4, -0.2) is 57.8 Å². The molecule has 8 heteroatoms. The lowest BCUT2D eigenvalue weighted by Gasteiger charge is -2.30. The number of carbonyl (C=O) groups excluding carboxylic acids is 3. The van der Waals surface area contributed by atoms with E-state index in [0.717, 1.165) is 16.7 Å². The Balaban J connectivity index is 1.72. The Kier molecular flexibility index (Phi) is 6.12. The van der Waals surface area contributed by atoms with Crippen molar-refractivity contribution >= 4 is 17.7 Å². The van der Waals surface area contributed by atoms with E-state index in [9.17, 15) is 19.2 Å². The molecule has 3 heterocycles. The second-order valence-corrected chi connectivity index (χ2v) is 8.55. The molecule has 0 aliphatic carbocycles. The van der Waals surface area contributed by atoms with Gasteiger partial charge in [-0.1, -0.05) is 30.3 Å². The lowest BCUT2D eigenvalue weighted by Crippen LogP contribution is -2.42. The number of likely N-dealkylation sites (tertiary alicyclic amines) is 1. The predicted octanol–water partition coefficient (Wildman–Crippen LogP) is 1.15. The Morgan fingerprint density at radius 1 is 1.06 bits per heavy atom. The van der Waals surface area contributed by atoms with E-state index in [1.54, 1.807) is 20.6 Å². The number of hydrogen-bond acceptors (Lipinski definition) is 4. The molecule has 1 N–H and O–H groups in total. The van der Waals surface area contributed by atoms with Crippen LogP contribution in [0.4, 0.5) is 0 Å². The number of nitrogens with one attached hydrogen (secondary N) is 1. The zero-order valence-electron chi connectivity index (χ0n) is 18.5. The van der Waals surface area contributed by atoms with Crippen LogP contribution in [0.15, 0.2) is 41.3 Å². The minimum Gasteiger partial charge on any atom is -0.352 e. The zero-order chi connectivity index (χ0) is 22.8. The molecule has 4 rings (SSSR count). The highest BCUT2D eigenvalue weighted by Crippen LogP contribution is 2.23. The minimum atomic E-state index is -0.308. The van der Waals surface area contributed by atoms with Crippen molar-refractivity contribution in [2.75, 3.05) is 19.6 Å². The van der Waals surface area contributed by atoms with E-state index in [-0.39, 0.29) is 34.9 Å². The number of carbonyl (C=O) groups is 3. The second kappa shape index (κ2) is 8.98. The molecule has 0 bridgehead atoms. The van der Waals surface area contributed by atoms with Gasteiger partial charge in [0, 0.05) is 52.3 Å². The van der Waals surface area contributed by atoms with Crippen LogP contribution in [0.5, 0.6) is 0 Å². The summed E-state index contributed by atoms with van der Waals surface area (Å²) in [5.74, 6) is -0.448.